The van der Waals surface area contributed by atoms with E-state index in [9.17, 15) is 8.42 Å². The lowest BCUT2D eigenvalue weighted by Gasteiger charge is -2.22. The molecular formula is C24H35N3O2S. The number of nitrogens with zero attached hydrogens (tertiary/aromatic N) is 2. The van der Waals surface area contributed by atoms with E-state index in [0.717, 1.165) is 67.9 Å². The van der Waals surface area contributed by atoms with Crippen LogP contribution < -0.4 is 15.4 Å². The van der Waals surface area contributed by atoms with Crippen LogP contribution in [-0.2, 0) is 10.0 Å². The number of nitrogens with one attached hydrogen (secondary N) is 1. The highest BCUT2D eigenvalue weighted by molar-refractivity contribution is 7.90. The third kappa shape index (κ3) is 4.09. The summed E-state index contributed by atoms with van der Waals surface area (Å²) in [6.07, 6.45) is 14.1. The van der Waals surface area contributed by atoms with Gasteiger partial charge in [0, 0.05) is 17.7 Å². The van der Waals surface area contributed by atoms with Crippen LogP contribution in [0.1, 0.15) is 77.1 Å². The van der Waals surface area contributed by atoms with Crippen molar-refractivity contribution in [1.29, 1.82) is 0 Å². The van der Waals surface area contributed by atoms with Crippen molar-refractivity contribution in [1.82, 2.24) is 14.3 Å². The Bertz CT molecular complexity index is 1080. The van der Waals surface area contributed by atoms with Crippen LogP contribution in [0.4, 0.5) is 0 Å². The molecule has 3 unspecified atom stereocenters. The zero-order valence-electron chi connectivity index (χ0n) is 18.5. The van der Waals surface area contributed by atoms with Gasteiger partial charge < -0.3 is 4.57 Å². The van der Waals surface area contributed by atoms with Gasteiger partial charge in [0.1, 0.15) is 5.82 Å². The molecule has 0 saturated heterocycles. The predicted octanol–water partition coefficient (Wildman–Crippen LogP) is 3.25. The quantitative estimate of drug-likeness (QED) is 0.781. The smallest absolute Gasteiger partial charge is 0.214 e. The molecule has 5 nitrogen and oxygen atoms in total. The van der Waals surface area contributed by atoms with Crippen molar-refractivity contribution in [3.63, 3.8) is 0 Å². The standard InChI is InChI=1S/C24H35N3O2S/c1-5-18-14-19(26-30(28,29)20-12-13-20)15-23(18)27-17(4)25-22(6-2)24(27)21-11-9-7-8-10-16(21)3/h6,9,11,18-20,23,26H,3,5,7-8,10,12-15H2,1-2,4H3. The second-order valence-electron chi connectivity index (χ2n) is 9.13. The first-order valence-electron chi connectivity index (χ1n) is 11.5. The molecule has 1 heterocycles. The number of sulfonamides is 1. The summed E-state index contributed by atoms with van der Waals surface area (Å²) in [5, 5.41) is 2.00. The van der Waals surface area contributed by atoms with E-state index in [1.165, 1.54) is 11.1 Å². The molecule has 30 heavy (non-hydrogen) atoms. The summed E-state index contributed by atoms with van der Waals surface area (Å²) in [7, 11) is -3.17. The molecule has 6 heteroatoms. The SMILES string of the molecule is C=C1CCCC=CC1=c1c(=CC)nc(C)n1C1CC(NS(=O)(=O)C2CC2)CC1CC. The van der Waals surface area contributed by atoms with E-state index in [1.54, 1.807) is 0 Å². The molecule has 2 fully saturated rings. The van der Waals surface area contributed by atoms with E-state index in [4.69, 9.17) is 4.98 Å². The van der Waals surface area contributed by atoms with Gasteiger partial charge in [0.25, 0.3) is 0 Å². The summed E-state index contributed by atoms with van der Waals surface area (Å²) in [5.41, 5.74) is 2.36. The number of hydrogen-bond acceptors (Lipinski definition) is 3. The van der Waals surface area contributed by atoms with Crippen LogP contribution in [0, 0.1) is 12.8 Å². The molecule has 0 bridgehead atoms. The average molecular weight is 430 g/mol. The molecule has 1 aromatic rings. The Morgan fingerprint density at radius 2 is 2.10 bits per heavy atom. The minimum Gasteiger partial charge on any atom is -0.324 e. The molecule has 4 rings (SSSR count). The molecule has 2 saturated carbocycles. The first-order chi connectivity index (χ1) is 14.4. The lowest BCUT2D eigenvalue weighted by molar-refractivity contribution is 0.359. The fraction of sp³-hybridized carbons (Fsp3) is 0.625. The molecule has 1 N–H and O–H groups in total. The molecule has 0 aromatic carbocycles. The number of aryl methyl sites for hydroxylation is 1. The van der Waals surface area contributed by atoms with Gasteiger partial charge in [0.05, 0.1) is 15.9 Å². The Hall–Kier alpha value is -1.66. The highest BCUT2D eigenvalue weighted by atomic mass is 32.2. The third-order valence-corrected chi connectivity index (χ3v) is 8.98. The van der Waals surface area contributed by atoms with Crippen molar-refractivity contribution in [2.75, 3.05) is 0 Å². The Morgan fingerprint density at radius 1 is 1.33 bits per heavy atom. The fourth-order valence-corrected chi connectivity index (χ4v) is 6.84. The fourth-order valence-electron chi connectivity index (χ4n) is 5.24. The minimum atomic E-state index is -3.17. The van der Waals surface area contributed by atoms with Crippen molar-refractivity contribution >= 4 is 21.7 Å². The normalized spacial score (nSPS) is 30.2. The maximum Gasteiger partial charge on any atom is 0.214 e. The molecule has 3 aliphatic carbocycles. The van der Waals surface area contributed by atoms with Gasteiger partial charge in [-0.25, -0.2) is 18.1 Å². The first kappa shape index (κ1) is 21.6. The first-order valence-corrected chi connectivity index (χ1v) is 13.0. The summed E-state index contributed by atoms with van der Waals surface area (Å²) in [6, 6.07) is 0.252. The molecule has 3 atom stereocenters. The van der Waals surface area contributed by atoms with E-state index in [-0.39, 0.29) is 17.3 Å². The summed E-state index contributed by atoms with van der Waals surface area (Å²) in [5.74, 6) is 1.43. The van der Waals surface area contributed by atoms with Gasteiger partial charge in [-0.2, -0.15) is 0 Å². The zero-order chi connectivity index (χ0) is 21.5. The Morgan fingerprint density at radius 3 is 2.77 bits per heavy atom. The zero-order valence-corrected chi connectivity index (χ0v) is 19.3. The molecule has 164 valence electrons. The molecule has 0 aliphatic heterocycles. The van der Waals surface area contributed by atoms with Gasteiger partial charge >= 0.3 is 0 Å². The second kappa shape index (κ2) is 8.46. The van der Waals surface area contributed by atoms with E-state index in [0.29, 0.717) is 5.92 Å². The van der Waals surface area contributed by atoms with Crippen LogP contribution in [0.3, 0.4) is 0 Å². The van der Waals surface area contributed by atoms with Gasteiger partial charge in [-0.05, 0) is 70.3 Å². The third-order valence-electron chi connectivity index (χ3n) is 6.97. The lowest BCUT2D eigenvalue weighted by Crippen LogP contribution is -2.37. The highest BCUT2D eigenvalue weighted by Gasteiger charge is 2.41. The Kier molecular flexibility index (Phi) is 6.08. The topological polar surface area (TPSA) is 64.0 Å². The minimum absolute atomic E-state index is 0.00660. The summed E-state index contributed by atoms with van der Waals surface area (Å²) in [4.78, 5) is 4.89. The molecule has 1 aromatic heterocycles. The monoisotopic (exact) mass is 429 g/mol. The lowest BCUT2D eigenvalue weighted by atomic mass is 9.99. The van der Waals surface area contributed by atoms with Crippen LogP contribution in [-0.4, -0.2) is 29.3 Å². The number of imidazole rings is 1. The van der Waals surface area contributed by atoms with Gasteiger partial charge in [-0.3, -0.25) is 0 Å². The average Bonchev–Trinajstić information content (AvgIpc) is 3.46. The number of allylic oxidation sites excluding steroid dienone is 3. The van der Waals surface area contributed by atoms with E-state index in [1.807, 2.05) is 6.92 Å². The van der Waals surface area contributed by atoms with Crippen LogP contribution >= 0.6 is 0 Å². The van der Waals surface area contributed by atoms with E-state index in [2.05, 4.69) is 47.9 Å². The van der Waals surface area contributed by atoms with E-state index >= 15 is 0 Å². The van der Waals surface area contributed by atoms with Gasteiger partial charge in [0.2, 0.25) is 10.0 Å². The van der Waals surface area contributed by atoms with Gasteiger partial charge in [-0.1, -0.05) is 38.2 Å². The van der Waals surface area contributed by atoms with Gasteiger partial charge in [-0.15, -0.1) is 0 Å². The molecule has 0 radical (unpaired) electrons. The molecule has 0 amide bonds. The highest BCUT2D eigenvalue weighted by Crippen LogP contribution is 2.39. The van der Waals surface area contributed by atoms with Gasteiger partial charge in [0.15, 0.2) is 0 Å². The summed E-state index contributed by atoms with van der Waals surface area (Å²) < 4.78 is 30.5. The summed E-state index contributed by atoms with van der Waals surface area (Å²) >= 11 is 0. The van der Waals surface area contributed by atoms with Crippen LogP contribution in [0.2, 0.25) is 0 Å². The van der Waals surface area contributed by atoms with Crippen LogP contribution in [0.15, 0.2) is 24.3 Å². The number of aromatic nitrogens is 2. The predicted molar refractivity (Wildman–Crippen MR) is 123 cm³/mol. The number of hydrogen-bond donors (Lipinski definition) is 1. The van der Waals surface area contributed by atoms with Crippen molar-refractivity contribution in [2.45, 2.75) is 89.5 Å². The van der Waals surface area contributed by atoms with E-state index < -0.39 is 10.0 Å². The Labute approximate surface area is 180 Å². The van der Waals surface area contributed by atoms with Crippen molar-refractivity contribution in [3.8, 4) is 0 Å². The van der Waals surface area contributed by atoms with Crippen molar-refractivity contribution < 1.29 is 8.42 Å². The number of rotatable bonds is 5. The maximum absolute atomic E-state index is 12.5. The van der Waals surface area contributed by atoms with Crippen LogP contribution in [0.5, 0.6) is 0 Å². The maximum atomic E-state index is 12.5. The second-order valence-corrected chi connectivity index (χ2v) is 11.1. The van der Waals surface area contributed by atoms with Crippen molar-refractivity contribution in [2.24, 2.45) is 5.92 Å². The van der Waals surface area contributed by atoms with Crippen LogP contribution in [0.25, 0.3) is 11.6 Å². The largest absolute Gasteiger partial charge is 0.324 e. The Balaban J connectivity index is 1.78. The molecule has 3 aliphatic rings. The molecule has 0 spiro atoms. The molecular weight excluding hydrogens is 394 g/mol. The van der Waals surface area contributed by atoms with Crippen molar-refractivity contribution in [3.05, 3.63) is 40.8 Å². The summed E-state index contributed by atoms with van der Waals surface area (Å²) in [6.45, 7) is 10.7.